The van der Waals surface area contributed by atoms with Crippen molar-refractivity contribution in [3.8, 4) is 0 Å². The summed E-state index contributed by atoms with van der Waals surface area (Å²) < 4.78 is 0. The molecule has 0 aromatic rings. The van der Waals surface area contributed by atoms with Crippen molar-refractivity contribution in [3.05, 3.63) is 0 Å². The molecule has 7 heteroatoms. The van der Waals surface area contributed by atoms with E-state index in [0.717, 1.165) is 0 Å². The highest BCUT2D eigenvalue weighted by molar-refractivity contribution is 6.40. The highest BCUT2D eigenvalue weighted by Gasteiger charge is 2.61. The van der Waals surface area contributed by atoms with Crippen LogP contribution in [-0.4, -0.2) is 51.5 Å². The molecule has 1 aliphatic carbocycles. The Kier molecular flexibility index (Phi) is 3.69. The third-order valence-electron chi connectivity index (χ3n) is 4.57. The number of aliphatic carboxylic acids is 1. The van der Waals surface area contributed by atoms with Gasteiger partial charge in [0.05, 0.1) is 6.10 Å². The van der Waals surface area contributed by atoms with Gasteiger partial charge in [-0.2, -0.15) is 0 Å². The number of fused-ring (bicyclic) bond motifs is 1. The Morgan fingerprint density at radius 3 is 2.67 bits per heavy atom. The fourth-order valence-electron chi connectivity index (χ4n) is 3.62. The van der Waals surface area contributed by atoms with Gasteiger partial charge in [0.2, 0.25) is 0 Å². The lowest BCUT2D eigenvalue weighted by atomic mass is 9.60. The maximum absolute atomic E-state index is 11.3. The Balaban J connectivity index is 2.06. The normalized spacial score (nSPS) is 42.2. The van der Waals surface area contributed by atoms with Crippen LogP contribution in [-0.2, 0) is 4.79 Å². The van der Waals surface area contributed by atoms with E-state index in [9.17, 15) is 15.0 Å². The van der Waals surface area contributed by atoms with E-state index in [1.54, 1.807) is 0 Å². The average molecular weight is 257 g/mol. The Morgan fingerprint density at radius 1 is 1.50 bits per heavy atom. The third-order valence-corrected chi connectivity index (χ3v) is 4.57. The van der Waals surface area contributed by atoms with Gasteiger partial charge in [-0.1, -0.05) is 13.3 Å². The van der Waals surface area contributed by atoms with Crippen LogP contribution in [0.25, 0.3) is 0 Å². The van der Waals surface area contributed by atoms with Crippen molar-refractivity contribution in [2.45, 2.75) is 50.7 Å². The van der Waals surface area contributed by atoms with Gasteiger partial charge in [0.25, 0.3) is 0 Å². The Morgan fingerprint density at radius 2 is 2.17 bits per heavy atom. The molecule has 1 saturated heterocycles. The molecule has 5 atom stereocenters. The molecule has 6 nitrogen and oxygen atoms in total. The van der Waals surface area contributed by atoms with Crippen molar-refractivity contribution >= 4 is 13.1 Å². The topological polar surface area (TPSA) is 110 Å². The molecular weight excluding hydrogens is 237 g/mol. The molecule has 102 valence electrons. The smallest absolute Gasteiger partial charge is 0.451 e. The maximum atomic E-state index is 11.3. The zero-order valence-corrected chi connectivity index (χ0v) is 10.4. The highest BCUT2D eigenvalue weighted by Crippen LogP contribution is 2.52. The van der Waals surface area contributed by atoms with E-state index in [4.69, 9.17) is 10.0 Å². The Labute approximate surface area is 106 Å². The number of aliphatic hydroxyl groups excluding tert-OH is 1. The van der Waals surface area contributed by atoms with E-state index < -0.39 is 30.6 Å². The summed E-state index contributed by atoms with van der Waals surface area (Å²) >= 11 is 0. The van der Waals surface area contributed by atoms with E-state index in [0.29, 0.717) is 19.3 Å². The predicted molar refractivity (Wildman–Crippen MR) is 64.8 cm³/mol. The number of hydrogen-bond acceptors (Lipinski definition) is 5. The first kappa shape index (κ1) is 13.8. The van der Waals surface area contributed by atoms with Crippen LogP contribution < -0.4 is 5.32 Å². The molecule has 18 heavy (non-hydrogen) atoms. The van der Waals surface area contributed by atoms with Gasteiger partial charge in [0, 0.05) is 17.4 Å². The fourth-order valence-corrected chi connectivity index (χ4v) is 3.62. The summed E-state index contributed by atoms with van der Waals surface area (Å²) in [5.74, 6) is -0.946. The number of carbonyl (C=O) groups is 1. The predicted octanol–water partition coefficient (Wildman–Crippen LogP) is -0.948. The second kappa shape index (κ2) is 4.81. The molecule has 0 spiro atoms. The van der Waals surface area contributed by atoms with Gasteiger partial charge < -0.3 is 25.6 Å². The molecule has 0 aromatic heterocycles. The molecule has 0 unspecified atom stereocenters. The SMILES string of the molecule is C[C@@]1(CCCB(O)O)[C@H]2[C@@H](O)C[C@H]2N[C@@H]1C(=O)O. The van der Waals surface area contributed by atoms with Crippen LogP contribution in [0.15, 0.2) is 0 Å². The first-order valence-electron chi connectivity index (χ1n) is 6.39. The summed E-state index contributed by atoms with van der Waals surface area (Å²) in [4.78, 5) is 11.3. The molecule has 0 radical (unpaired) electrons. The van der Waals surface area contributed by atoms with Gasteiger partial charge in [0.1, 0.15) is 6.04 Å². The second-order valence-electron chi connectivity index (χ2n) is 5.75. The zero-order chi connectivity index (χ0) is 13.5. The van der Waals surface area contributed by atoms with Gasteiger partial charge in [-0.15, -0.1) is 0 Å². The Hall–Kier alpha value is -0.625. The standard InChI is InChI=1S/C11H20BNO5/c1-11(3-2-4-12(17)18)8-6(5-7(8)14)13-9(11)10(15)16/h6-9,13-14,17-18H,2-5H2,1H3,(H,15,16)/t6-,7+,8-,9-,11-/m1/s1. The number of carboxylic acid groups (broad SMARTS) is 1. The summed E-state index contributed by atoms with van der Waals surface area (Å²) in [7, 11) is -1.35. The van der Waals surface area contributed by atoms with Crippen LogP contribution in [0.4, 0.5) is 0 Å². The van der Waals surface area contributed by atoms with Crippen molar-refractivity contribution in [2.24, 2.45) is 11.3 Å². The van der Waals surface area contributed by atoms with Gasteiger partial charge in [-0.3, -0.25) is 4.79 Å². The van der Waals surface area contributed by atoms with Gasteiger partial charge in [0.15, 0.2) is 0 Å². The lowest BCUT2D eigenvalue weighted by Gasteiger charge is -2.44. The van der Waals surface area contributed by atoms with Crippen molar-refractivity contribution in [1.82, 2.24) is 5.32 Å². The van der Waals surface area contributed by atoms with Crippen LogP contribution in [0.3, 0.4) is 0 Å². The van der Waals surface area contributed by atoms with Crippen LogP contribution in [0, 0.1) is 11.3 Å². The second-order valence-corrected chi connectivity index (χ2v) is 5.75. The summed E-state index contributed by atoms with van der Waals surface area (Å²) in [6.07, 6.45) is 1.49. The number of nitrogens with one attached hydrogen (secondary N) is 1. The monoisotopic (exact) mass is 257 g/mol. The molecule has 5 N–H and O–H groups in total. The van der Waals surface area contributed by atoms with Gasteiger partial charge in [-0.05, 0) is 19.2 Å². The Bertz CT molecular complexity index is 339. The van der Waals surface area contributed by atoms with E-state index in [2.05, 4.69) is 5.32 Å². The van der Waals surface area contributed by atoms with Crippen molar-refractivity contribution in [2.75, 3.05) is 0 Å². The molecule has 0 bridgehead atoms. The minimum atomic E-state index is -1.35. The van der Waals surface area contributed by atoms with Crippen molar-refractivity contribution < 1.29 is 25.1 Å². The van der Waals surface area contributed by atoms with E-state index in [-0.39, 0.29) is 18.3 Å². The van der Waals surface area contributed by atoms with E-state index in [1.807, 2.05) is 6.92 Å². The van der Waals surface area contributed by atoms with Gasteiger partial charge >= 0.3 is 13.1 Å². The zero-order valence-electron chi connectivity index (χ0n) is 10.4. The number of aliphatic hydroxyl groups is 1. The minimum Gasteiger partial charge on any atom is -0.480 e. The average Bonchev–Trinajstić information content (AvgIpc) is 2.44. The number of rotatable bonds is 5. The van der Waals surface area contributed by atoms with E-state index in [1.165, 1.54) is 0 Å². The molecule has 0 amide bonds. The third kappa shape index (κ3) is 2.16. The molecule has 1 aliphatic heterocycles. The quantitative estimate of drug-likeness (QED) is 0.406. The van der Waals surface area contributed by atoms with Crippen molar-refractivity contribution in [1.29, 1.82) is 0 Å². The lowest BCUT2D eigenvalue weighted by Crippen LogP contribution is -2.51. The highest BCUT2D eigenvalue weighted by atomic mass is 16.4. The molecule has 2 rings (SSSR count). The van der Waals surface area contributed by atoms with Crippen LogP contribution in [0.1, 0.15) is 26.2 Å². The first-order chi connectivity index (χ1) is 8.36. The molecule has 1 saturated carbocycles. The molecule has 2 fully saturated rings. The van der Waals surface area contributed by atoms with Gasteiger partial charge in [-0.25, -0.2) is 0 Å². The van der Waals surface area contributed by atoms with Crippen LogP contribution >= 0.6 is 0 Å². The fraction of sp³-hybridized carbons (Fsp3) is 0.909. The summed E-state index contributed by atoms with van der Waals surface area (Å²) in [6, 6.07) is -0.592. The molecule has 2 aliphatic rings. The maximum Gasteiger partial charge on any atom is 0.451 e. The number of hydrogen-bond donors (Lipinski definition) is 5. The summed E-state index contributed by atoms with van der Waals surface area (Å²) in [5, 5.41) is 39.8. The summed E-state index contributed by atoms with van der Waals surface area (Å²) in [6.45, 7) is 1.87. The largest absolute Gasteiger partial charge is 0.480 e. The molecule has 0 aromatic carbocycles. The minimum absolute atomic E-state index is 0.0468. The first-order valence-corrected chi connectivity index (χ1v) is 6.39. The van der Waals surface area contributed by atoms with Crippen molar-refractivity contribution in [3.63, 3.8) is 0 Å². The lowest BCUT2D eigenvalue weighted by molar-refractivity contribution is -0.142. The van der Waals surface area contributed by atoms with Crippen LogP contribution in [0.5, 0.6) is 0 Å². The molecule has 1 heterocycles. The summed E-state index contributed by atoms with van der Waals surface area (Å²) in [5.41, 5.74) is -0.525. The van der Waals surface area contributed by atoms with E-state index >= 15 is 0 Å². The van der Waals surface area contributed by atoms with Crippen LogP contribution in [0.2, 0.25) is 6.32 Å². The number of carboxylic acids is 1. The molecular formula is C11H20BNO5.